The summed E-state index contributed by atoms with van der Waals surface area (Å²) in [5.74, 6) is 1.51. The Labute approximate surface area is 180 Å². The number of hydrogen-bond donors (Lipinski definition) is 1. The van der Waals surface area contributed by atoms with Gasteiger partial charge in [0.15, 0.2) is 0 Å². The zero-order valence-electron chi connectivity index (χ0n) is 17.8. The quantitative estimate of drug-likeness (QED) is 0.797. The zero-order valence-corrected chi connectivity index (χ0v) is 17.8. The molecule has 1 spiro atoms. The Morgan fingerprint density at radius 3 is 2.23 bits per heavy atom. The first-order valence-corrected chi connectivity index (χ1v) is 10.1. The van der Waals surface area contributed by atoms with E-state index in [1.165, 1.54) is 7.11 Å². The Balaban J connectivity index is 1.48. The summed E-state index contributed by atoms with van der Waals surface area (Å²) >= 11 is 0. The number of aliphatic imine (C=N–C) groups is 1. The van der Waals surface area contributed by atoms with Crippen molar-refractivity contribution in [3.8, 4) is 17.2 Å². The van der Waals surface area contributed by atoms with E-state index >= 15 is 0 Å². The number of methoxy groups -OCH3 is 3. The highest BCUT2D eigenvalue weighted by molar-refractivity contribution is 6.46. The highest BCUT2D eigenvalue weighted by atomic mass is 16.5. The lowest BCUT2D eigenvalue weighted by atomic mass is 9.97. The Hall–Kier alpha value is -3.55. The van der Waals surface area contributed by atoms with Crippen LogP contribution in [0.3, 0.4) is 0 Å². The first-order valence-electron chi connectivity index (χ1n) is 10.1. The van der Waals surface area contributed by atoms with Crippen LogP contribution in [-0.4, -0.2) is 62.5 Å². The molecule has 0 bridgehead atoms. The van der Waals surface area contributed by atoms with E-state index < -0.39 is 5.66 Å². The Bertz CT molecular complexity index is 1020. The van der Waals surface area contributed by atoms with Crippen molar-refractivity contribution >= 4 is 17.5 Å². The van der Waals surface area contributed by atoms with E-state index in [2.05, 4.69) is 5.32 Å². The van der Waals surface area contributed by atoms with Gasteiger partial charge in [-0.15, -0.1) is 0 Å². The topological polar surface area (TPSA) is 89.5 Å². The number of carbonyl (C=O) groups excluding carboxylic acids is 2. The smallest absolute Gasteiger partial charge is 0.272 e. The first-order chi connectivity index (χ1) is 15.0. The van der Waals surface area contributed by atoms with E-state index in [-0.39, 0.29) is 11.8 Å². The number of hydrogen-bond acceptors (Lipinski definition) is 6. The van der Waals surface area contributed by atoms with Crippen LogP contribution in [-0.2, 0) is 4.79 Å². The summed E-state index contributed by atoms with van der Waals surface area (Å²) in [5.41, 5.74) is 0.973. The molecule has 2 aromatic carbocycles. The molecule has 0 saturated carbocycles. The molecular weight excluding hydrogens is 398 g/mol. The number of likely N-dealkylation sites (tertiary alicyclic amines) is 1. The fraction of sp³-hybridized carbons (Fsp3) is 0.348. The second-order valence-electron chi connectivity index (χ2n) is 7.53. The van der Waals surface area contributed by atoms with E-state index in [9.17, 15) is 9.59 Å². The summed E-state index contributed by atoms with van der Waals surface area (Å²) in [4.78, 5) is 32.2. The van der Waals surface area contributed by atoms with Crippen LogP contribution in [0.5, 0.6) is 17.2 Å². The van der Waals surface area contributed by atoms with Crippen LogP contribution < -0.4 is 19.5 Å². The van der Waals surface area contributed by atoms with Crippen molar-refractivity contribution in [2.24, 2.45) is 4.99 Å². The van der Waals surface area contributed by atoms with Gasteiger partial charge in [-0.2, -0.15) is 0 Å². The molecule has 31 heavy (non-hydrogen) atoms. The number of nitrogens with zero attached hydrogens (tertiary/aromatic N) is 2. The van der Waals surface area contributed by atoms with Crippen molar-refractivity contribution in [1.29, 1.82) is 0 Å². The molecule has 8 heteroatoms. The van der Waals surface area contributed by atoms with Crippen LogP contribution in [0.1, 0.15) is 28.8 Å². The van der Waals surface area contributed by atoms with Gasteiger partial charge in [0.1, 0.15) is 28.6 Å². The van der Waals surface area contributed by atoms with Gasteiger partial charge in [-0.1, -0.05) is 0 Å². The van der Waals surface area contributed by atoms with Crippen molar-refractivity contribution in [2.75, 3.05) is 34.4 Å². The van der Waals surface area contributed by atoms with E-state index in [1.54, 1.807) is 49.5 Å². The molecule has 162 valence electrons. The Kier molecular flexibility index (Phi) is 5.54. The van der Waals surface area contributed by atoms with Crippen LogP contribution in [0.25, 0.3) is 0 Å². The van der Waals surface area contributed by atoms with Gasteiger partial charge in [-0.05, 0) is 36.4 Å². The fourth-order valence-corrected chi connectivity index (χ4v) is 3.97. The average Bonchev–Trinajstić information content (AvgIpc) is 3.14. The largest absolute Gasteiger partial charge is 0.497 e. The van der Waals surface area contributed by atoms with Crippen molar-refractivity contribution in [3.63, 3.8) is 0 Å². The second-order valence-corrected chi connectivity index (χ2v) is 7.53. The van der Waals surface area contributed by atoms with E-state index in [1.807, 2.05) is 12.1 Å². The molecular formula is C23H25N3O5. The Morgan fingerprint density at radius 2 is 1.61 bits per heavy atom. The molecule has 1 saturated heterocycles. The summed E-state index contributed by atoms with van der Waals surface area (Å²) in [6.07, 6.45) is 1.09. The molecule has 1 N–H and O–H groups in total. The summed E-state index contributed by atoms with van der Waals surface area (Å²) in [7, 11) is 4.69. The molecule has 4 rings (SSSR count). The van der Waals surface area contributed by atoms with E-state index in [0.29, 0.717) is 48.7 Å². The molecule has 0 aliphatic carbocycles. The summed E-state index contributed by atoms with van der Waals surface area (Å²) < 4.78 is 15.7. The standard InChI is InChI=1S/C23H25N3O5/c1-29-16-6-4-15(5-7-16)20-21(27)25-23(24-20)10-12-26(13-11-23)22(28)18-9-8-17(30-2)14-19(18)31-3/h4-9,14H,10-13H2,1-3H3,(H,25,27). The maximum atomic E-state index is 13.1. The zero-order chi connectivity index (χ0) is 22.0. The number of carbonyl (C=O) groups is 2. The van der Waals surface area contributed by atoms with Crippen LogP contribution in [0.2, 0.25) is 0 Å². The fourth-order valence-electron chi connectivity index (χ4n) is 3.97. The van der Waals surface area contributed by atoms with Crippen molar-refractivity contribution < 1.29 is 23.8 Å². The van der Waals surface area contributed by atoms with Gasteiger partial charge in [-0.25, -0.2) is 0 Å². The Morgan fingerprint density at radius 1 is 0.968 bits per heavy atom. The van der Waals surface area contributed by atoms with Gasteiger partial charge in [-0.3, -0.25) is 14.6 Å². The van der Waals surface area contributed by atoms with E-state index in [0.717, 1.165) is 11.3 Å². The first kappa shape index (κ1) is 20.7. The maximum Gasteiger partial charge on any atom is 0.272 e. The van der Waals surface area contributed by atoms with Crippen LogP contribution in [0.4, 0.5) is 0 Å². The predicted octanol–water partition coefficient (Wildman–Crippen LogP) is 2.26. The number of piperidine rings is 1. The number of benzene rings is 2. The minimum absolute atomic E-state index is 0.113. The lowest BCUT2D eigenvalue weighted by molar-refractivity contribution is -0.115. The van der Waals surface area contributed by atoms with Gasteiger partial charge < -0.3 is 24.4 Å². The van der Waals surface area contributed by atoms with Crippen molar-refractivity contribution in [3.05, 3.63) is 53.6 Å². The van der Waals surface area contributed by atoms with Crippen LogP contribution in [0.15, 0.2) is 47.5 Å². The molecule has 0 radical (unpaired) electrons. The van der Waals surface area contributed by atoms with Gasteiger partial charge in [0, 0.05) is 37.6 Å². The highest BCUT2D eigenvalue weighted by Gasteiger charge is 2.43. The monoisotopic (exact) mass is 423 g/mol. The number of nitrogens with one attached hydrogen (secondary N) is 1. The second kappa shape index (κ2) is 8.29. The molecule has 0 atom stereocenters. The van der Waals surface area contributed by atoms with Crippen molar-refractivity contribution in [2.45, 2.75) is 18.5 Å². The molecule has 1 fully saturated rings. The summed E-state index contributed by atoms with van der Waals surface area (Å²) in [6.45, 7) is 0.960. The predicted molar refractivity (Wildman–Crippen MR) is 115 cm³/mol. The van der Waals surface area contributed by atoms with Gasteiger partial charge in [0.2, 0.25) is 0 Å². The van der Waals surface area contributed by atoms with Crippen LogP contribution >= 0.6 is 0 Å². The highest BCUT2D eigenvalue weighted by Crippen LogP contribution is 2.31. The number of amides is 2. The minimum Gasteiger partial charge on any atom is -0.497 e. The minimum atomic E-state index is -0.673. The normalized spacial score (nSPS) is 17.2. The van der Waals surface area contributed by atoms with Crippen LogP contribution in [0, 0.1) is 0 Å². The maximum absolute atomic E-state index is 13.1. The lowest BCUT2D eigenvalue weighted by Gasteiger charge is -2.37. The molecule has 2 aromatic rings. The van der Waals surface area contributed by atoms with Gasteiger partial charge >= 0.3 is 0 Å². The van der Waals surface area contributed by atoms with E-state index in [4.69, 9.17) is 19.2 Å². The number of ether oxygens (including phenoxy) is 3. The number of rotatable bonds is 5. The molecule has 8 nitrogen and oxygen atoms in total. The summed E-state index contributed by atoms with van der Waals surface area (Å²) in [5, 5.41) is 3.03. The van der Waals surface area contributed by atoms with Gasteiger partial charge in [0.25, 0.3) is 11.8 Å². The SMILES string of the molecule is COc1ccc(C2=NC3(CCN(C(=O)c4ccc(OC)cc4OC)CC3)NC2=O)cc1. The molecule has 2 amide bonds. The van der Waals surface area contributed by atoms with Gasteiger partial charge in [0.05, 0.1) is 26.9 Å². The average molecular weight is 423 g/mol. The molecule has 2 aliphatic rings. The molecule has 0 aromatic heterocycles. The molecule has 2 aliphatic heterocycles. The lowest BCUT2D eigenvalue weighted by Crippen LogP contribution is -2.52. The molecule has 2 heterocycles. The third kappa shape index (κ3) is 3.93. The third-order valence-corrected chi connectivity index (χ3v) is 5.77. The van der Waals surface area contributed by atoms with Crippen molar-refractivity contribution in [1.82, 2.24) is 10.2 Å². The molecule has 0 unspecified atom stereocenters. The summed E-state index contributed by atoms with van der Waals surface area (Å²) in [6, 6.07) is 12.4. The third-order valence-electron chi connectivity index (χ3n) is 5.77.